The Morgan fingerprint density at radius 3 is 3.00 bits per heavy atom. The first-order valence-electron chi connectivity index (χ1n) is 2.74. The van der Waals surface area contributed by atoms with E-state index in [9.17, 15) is 0 Å². The van der Waals surface area contributed by atoms with Gasteiger partial charge in [0.15, 0.2) is 0 Å². The van der Waals surface area contributed by atoms with Gasteiger partial charge in [-0.1, -0.05) is 15.9 Å². The summed E-state index contributed by atoms with van der Waals surface area (Å²) in [5.74, 6) is 0. The molecule has 0 aliphatic heterocycles. The molecule has 0 fully saturated rings. The maximum absolute atomic E-state index is 6.69. The lowest BCUT2D eigenvalue weighted by molar-refractivity contribution is 1.27. The zero-order valence-electron chi connectivity index (χ0n) is 5.21. The summed E-state index contributed by atoms with van der Waals surface area (Å²) in [5, 5.41) is 0.753. The first-order valence-corrected chi connectivity index (χ1v) is 3.86. The van der Waals surface area contributed by atoms with Gasteiger partial charge in [-0.2, -0.15) is 0 Å². The third-order valence-electron chi connectivity index (χ3n) is 1.06. The average Bonchev–Trinajstić information content (AvgIpc) is 2.05. The molecule has 0 unspecified atom stereocenters. The number of hydrogen-bond acceptors (Lipinski definition) is 1. The second-order valence-electron chi connectivity index (χ2n) is 1.80. The summed E-state index contributed by atoms with van der Waals surface area (Å²) in [6.07, 6.45) is 3.29. The number of nitrogens with zero attached hydrogens (tertiary/aromatic N) is 2. The summed E-state index contributed by atoms with van der Waals surface area (Å²) >= 11 is 3.28. The molecule has 0 spiro atoms. The van der Waals surface area contributed by atoms with Crippen molar-refractivity contribution in [2.75, 3.05) is 0 Å². The van der Waals surface area contributed by atoms with Gasteiger partial charge >= 0.3 is 0 Å². The van der Waals surface area contributed by atoms with Crippen LogP contribution in [0.3, 0.4) is 0 Å². The number of aromatic nitrogens is 1. The molecule has 50 valence electrons. The van der Waals surface area contributed by atoms with Crippen molar-refractivity contribution in [1.82, 2.24) is 4.98 Å². The molecule has 0 saturated carbocycles. The predicted molar refractivity (Wildman–Crippen MR) is 43.1 cm³/mol. The third-order valence-corrected chi connectivity index (χ3v) is 1.71. The van der Waals surface area contributed by atoms with Gasteiger partial charge in [-0.3, -0.25) is 4.98 Å². The van der Waals surface area contributed by atoms with Crippen LogP contribution in [0.15, 0.2) is 18.5 Å². The molecule has 0 N–H and O–H groups in total. The summed E-state index contributed by atoms with van der Waals surface area (Å²) in [6, 6.07) is 1.81. The summed E-state index contributed by atoms with van der Waals surface area (Å²) in [4.78, 5) is 7.13. The molecule has 1 rings (SSSR count). The molecular formula is C7H5BrN2. The number of pyridine rings is 1. The molecule has 0 aliphatic rings. The van der Waals surface area contributed by atoms with Crippen molar-refractivity contribution in [3.63, 3.8) is 0 Å². The van der Waals surface area contributed by atoms with Crippen LogP contribution in [0.2, 0.25) is 0 Å². The van der Waals surface area contributed by atoms with Gasteiger partial charge < -0.3 is 0 Å². The maximum atomic E-state index is 6.69. The van der Waals surface area contributed by atoms with Gasteiger partial charge in [-0.15, -0.1) is 0 Å². The Balaban J connectivity index is 3.01. The molecule has 1 aromatic heterocycles. The molecule has 0 aromatic carbocycles. The molecule has 0 amide bonds. The van der Waals surface area contributed by atoms with Gasteiger partial charge in [0.05, 0.1) is 6.57 Å². The van der Waals surface area contributed by atoms with E-state index < -0.39 is 0 Å². The Morgan fingerprint density at radius 1 is 1.60 bits per heavy atom. The van der Waals surface area contributed by atoms with Gasteiger partial charge in [0.1, 0.15) is 0 Å². The Labute approximate surface area is 67.9 Å². The van der Waals surface area contributed by atoms with Crippen LogP contribution in [-0.2, 0) is 5.33 Å². The second-order valence-corrected chi connectivity index (χ2v) is 2.36. The zero-order chi connectivity index (χ0) is 7.40. The molecule has 0 aliphatic carbocycles. The number of halogens is 1. The van der Waals surface area contributed by atoms with Crippen LogP contribution in [0.4, 0.5) is 5.69 Å². The van der Waals surface area contributed by atoms with E-state index in [1.54, 1.807) is 12.4 Å². The molecule has 0 bridgehead atoms. The maximum Gasteiger partial charge on any atom is 0.205 e. The Kier molecular flexibility index (Phi) is 2.41. The van der Waals surface area contributed by atoms with Crippen LogP contribution < -0.4 is 0 Å². The van der Waals surface area contributed by atoms with Crippen molar-refractivity contribution in [2.24, 2.45) is 0 Å². The molecule has 3 heteroatoms. The zero-order valence-corrected chi connectivity index (χ0v) is 6.80. The van der Waals surface area contributed by atoms with Crippen molar-refractivity contribution in [3.05, 3.63) is 35.4 Å². The summed E-state index contributed by atoms with van der Waals surface area (Å²) in [7, 11) is 0. The summed E-state index contributed by atoms with van der Waals surface area (Å²) in [5.41, 5.74) is 1.63. The van der Waals surface area contributed by atoms with Crippen LogP contribution >= 0.6 is 15.9 Å². The van der Waals surface area contributed by atoms with E-state index in [4.69, 9.17) is 6.57 Å². The standard InChI is InChI=1S/C7H5BrN2/c1-9-7-2-6(3-8)4-10-5-7/h2,4-5H,3H2. The third kappa shape index (κ3) is 1.55. The highest BCUT2D eigenvalue weighted by molar-refractivity contribution is 9.08. The van der Waals surface area contributed by atoms with Crippen LogP contribution in [0.25, 0.3) is 4.85 Å². The molecule has 10 heavy (non-hydrogen) atoms. The molecule has 1 heterocycles. The number of alkyl halides is 1. The summed E-state index contributed by atoms with van der Waals surface area (Å²) < 4.78 is 0. The van der Waals surface area contributed by atoms with Crippen molar-refractivity contribution >= 4 is 21.6 Å². The SMILES string of the molecule is [C-]#[N+]c1cncc(CBr)c1. The largest absolute Gasteiger partial charge is 0.276 e. The van der Waals surface area contributed by atoms with Crippen molar-refractivity contribution in [1.29, 1.82) is 0 Å². The van der Waals surface area contributed by atoms with E-state index in [-0.39, 0.29) is 0 Å². The van der Waals surface area contributed by atoms with Crippen molar-refractivity contribution in [3.8, 4) is 0 Å². The van der Waals surface area contributed by atoms with E-state index >= 15 is 0 Å². The van der Waals surface area contributed by atoms with Gasteiger partial charge in [0.2, 0.25) is 5.69 Å². The topological polar surface area (TPSA) is 17.2 Å². The van der Waals surface area contributed by atoms with Crippen molar-refractivity contribution < 1.29 is 0 Å². The van der Waals surface area contributed by atoms with E-state index in [0.717, 1.165) is 10.9 Å². The van der Waals surface area contributed by atoms with E-state index in [2.05, 4.69) is 25.8 Å². The van der Waals surface area contributed by atoms with Crippen LogP contribution in [0, 0.1) is 6.57 Å². The molecule has 0 radical (unpaired) electrons. The first kappa shape index (κ1) is 7.23. The average molecular weight is 197 g/mol. The highest BCUT2D eigenvalue weighted by Crippen LogP contribution is 2.13. The monoisotopic (exact) mass is 196 g/mol. The highest BCUT2D eigenvalue weighted by atomic mass is 79.9. The lowest BCUT2D eigenvalue weighted by Gasteiger charge is -1.92. The smallest absolute Gasteiger partial charge is 0.205 e. The number of rotatable bonds is 1. The minimum Gasteiger partial charge on any atom is -0.276 e. The molecule has 2 nitrogen and oxygen atoms in total. The van der Waals surface area contributed by atoms with Gasteiger partial charge in [-0.25, -0.2) is 4.85 Å². The fourth-order valence-electron chi connectivity index (χ4n) is 0.608. The molecule has 0 atom stereocenters. The second kappa shape index (κ2) is 3.33. The minimum atomic E-state index is 0.594. The Bertz CT molecular complexity index is 265. The highest BCUT2D eigenvalue weighted by Gasteiger charge is 1.92. The normalized spacial score (nSPS) is 8.80. The van der Waals surface area contributed by atoms with Gasteiger partial charge in [-0.05, 0) is 11.6 Å². The van der Waals surface area contributed by atoms with Gasteiger partial charge in [0.25, 0.3) is 0 Å². The predicted octanol–water partition coefficient (Wildman–Crippen LogP) is 2.53. The Morgan fingerprint density at radius 2 is 2.40 bits per heavy atom. The lowest BCUT2D eigenvalue weighted by atomic mass is 10.3. The molecule has 1 aromatic rings. The molecule has 0 saturated heterocycles. The van der Waals surface area contributed by atoms with Crippen LogP contribution in [0.5, 0.6) is 0 Å². The quantitative estimate of drug-likeness (QED) is 0.499. The van der Waals surface area contributed by atoms with E-state index in [1.807, 2.05) is 6.07 Å². The van der Waals surface area contributed by atoms with Crippen LogP contribution in [0.1, 0.15) is 5.56 Å². The fraction of sp³-hybridized carbons (Fsp3) is 0.143. The lowest BCUT2D eigenvalue weighted by Crippen LogP contribution is -1.77. The van der Waals surface area contributed by atoms with E-state index in [1.165, 1.54) is 0 Å². The van der Waals surface area contributed by atoms with E-state index in [0.29, 0.717) is 5.69 Å². The fourth-order valence-corrected chi connectivity index (χ4v) is 0.915. The minimum absolute atomic E-state index is 0.594. The first-order chi connectivity index (χ1) is 4.86. The summed E-state index contributed by atoms with van der Waals surface area (Å²) in [6.45, 7) is 6.69. The van der Waals surface area contributed by atoms with Crippen LogP contribution in [-0.4, -0.2) is 4.98 Å². The number of hydrogen-bond donors (Lipinski definition) is 0. The van der Waals surface area contributed by atoms with Gasteiger partial charge in [0, 0.05) is 17.7 Å². The Hall–Kier alpha value is -0.880. The van der Waals surface area contributed by atoms with Crippen molar-refractivity contribution in [2.45, 2.75) is 5.33 Å². The molecular weight excluding hydrogens is 192 g/mol.